The van der Waals surface area contributed by atoms with Crippen molar-refractivity contribution >= 4 is 53.9 Å². The fourth-order valence-corrected chi connectivity index (χ4v) is 9.27. The van der Waals surface area contributed by atoms with Crippen LogP contribution in [0.1, 0.15) is 0 Å². The van der Waals surface area contributed by atoms with E-state index in [1.165, 1.54) is 65.0 Å². The van der Waals surface area contributed by atoms with Gasteiger partial charge in [-0.15, -0.1) is 0 Å². The molecule has 0 atom stereocenters. The lowest BCUT2D eigenvalue weighted by Gasteiger charge is -2.16. The SMILES string of the molecule is c1cncc(-c2cccc(-c3cc(-c4ccc(-c5ccc6ccccc6c5)cc4)nc(-c4ccc(-c5cc6c7ccccc7c7ccccc7c6c6ccccc56)cc4)n3)c2)c1. The van der Waals surface area contributed by atoms with Crippen LogP contribution in [0.3, 0.4) is 0 Å². The van der Waals surface area contributed by atoms with Gasteiger partial charge in [0.15, 0.2) is 5.82 Å². The third kappa shape index (κ3) is 6.18. The normalized spacial score (nSPS) is 11.5. The molecule has 0 amide bonds. The van der Waals surface area contributed by atoms with Crippen molar-refractivity contribution < 1.29 is 0 Å². The highest BCUT2D eigenvalue weighted by Crippen LogP contribution is 2.43. The first-order chi connectivity index (χ1) is 30.7. The van der Waals surface area contributed by atoms with Gasteiger partial charge in [-0.1, -0.05) is 182 Å². The van der Waals surface area contributed by atoms with E-state index in [1.807, 2.05) is 12.3 Å². The molecule has 0 bridgehead atoms. The highest BCUT2D eigenvalue weighted by Gasteiger charge is 2.17. The number of aromatic nitrogens is 3. The Morgan fingerprint density at radius 1 is 0.274 bits per heavy atom. The Morgan fingerprint density at radius 3 is 1.55 bits per heavy atom. The first-order valence-corrected chi connectivity index (χ1v) is 21.1. The van der Waals surface area contributed by atoms with Crippen LogP contribution in [0, 0.1) is 0 Å². The van der Waals surface area contributed by atoms with Crippen LogP contribution in [-0.4, -0.2) is 15.0 Å². The highest BCUT2D eigenvalue weighted by atomic mass is 14.9. The van der Waals surface area contributed by atoms with Crippen molar-refractivity contribution in [3.05, 3.63) is 225 Å². The summed E-state index contributed by atoms with van der Waals surface area (Å²) in [5.41, 5.74) is 11.6. The molecule has 0 fully saturated rings. The Bertz CT molecular complexity index is 3670. The number of fused-ring (bicyclic) bond motifs is 9. The Balaban J connectivity index is 0.982. The summed E-state index contributed by atoms with van der Waals surface area (Å²) in [6.07, 6.45) is 3.71. The summed E-state index contributed by atoms with van der Waals surface area (Å²) < 4.78 is 0. The van der Waals surface area contributed by atoms with Crippen LogP contribution in [-0.2, 0) is 0 Å². The monoisotopic (exact) mass is 787 g/mol. The van der Waals surface area contributed by atoms with E-state index in [1.54, 1.807) is 6.20 Å². The molecule has 0 radical (unpaired) electrons. The van der Waals surface area contributed by atoms with Gasteiger partial charge in [-0.2, -0.15) is 0 Å². The molecular weight excluding hydrogens is 751 g/mol. The Kier molecular flexibility index (Phi) is 8.50. The lowest BCUT2D eigenvalue weighted by molar-refractivity contribution is 1.18. The number of pyridine rings is 1. The summed E-state index contributed by atoms with van der Waals surface area (Å²) in [6, 6.07) is 76.2. The van der Waals surface area contributed by atoms with Crippen molar-refractivity contribution in [1.29, 1.82) is 0 Å². The second-order valence-corrected chi connectivity index (χ2v) is 16.0. The number of benzene rings is 10. The summed E-state index contributed by atoms with van der Waals surface area (Å²) in [5.74, 6) is 0.676. The fraction of sp³-hybridized carbons (Fsp3) is 0. The molecule has 0 saturated heterocycles. The molecule has 0 aliphatic carbocycles. The highest BCUT2D eigenvalue weighted by molar-refractivity contribution is 6.33. The maximum absolute atomic E-state index is 5.26. The molecule has 2 heterocycles. The van der Waals surface area contributed by atoms with Crippen LogP contribution in [0.4, 0.5) is 0 Å². The average Bonchev–Trinajstić information content (AvgIpc) is 3.36. The van der Waals surface area contributed by atoms with Gasteiger partial charge in [-0.05, 0) is 112 Å². The predicted molar refractivity (Wildman–Crippen MR) is 260 cm³/mol. The minimum absolute atomic E-state index is 0.676. The zero-order valence-electron chi connectivity index (χ0n) is 33.7. The van der Waals surface area contributed by atoms with Crippen molar-refractivity contribution in [2.45, 2.75) is 0 Å². The first-order valence-electron chi connectivity index (χ1n) is 21.1. The van der Waals surface area contributed by atoms with E-state index in [9.17, 15) is 0 Å². The Hall–Kier alpha value is -8.27. The van der Waals surface area contributed by atoms with Crippen molar-refractivity contribution in [2.24, 2.45) is 0 Å². The number of rotatable bonds is 6. The quantitative estimate of drug-likeness (QED) is 0.158. The van der Waals surface area contributed by atoms with Gasteiger partial charge in [-0.3, -0.25) is 4.98 Å². The molecule has 0 aliphatic heterocycles. The number of hydrogen-bond acceptors (Lipinski definition) is 3. The molecule has 0 unspecified atom stereocenters. The molecule has 12 aromatic rings. The number of nitrogens with zero attached hydrogens (tertiary/aromatic N) is 3. The van der Waals surface area contributed by atoms with Crippen LogP contribution >= 0.6 is 0 Å². The lowest BCUT2D eigenvalue weighted by atomic mass is 9.87. The third-order valence-corrected chi connectivity index (χ3v) is 12.3. The maximum Gasteiger partial charge on any atom is 0.160 e. The summed E-state index contributed by atoms with van der Waals surface area (Å²) in [7, 11) is 0. The molecule has 3 heteroatoms. The fourth-order valence-electron chi connectivity index (χ4n) is 9.27. The summed E-state index contributed by atoms with van der Waals surface area (Å²) >= 11 is 0. The smallest absolute Gasteiger partial charge is 0.160 e. The molecule has 0 N–H and O–H groups in total. The Morgan fingerprint density at radius 2 is 0.806 bits per heavy atom. The van der Waals surface area contributed by atoms with Gasteiger partial charge >= 0.3 is 0 Å². The molecule has 2 aromatic heterocycles. The van der Waals surface area contributed by atoms with Crippen LogP contribution in [0.2, 0.25) is 0 Å². The lowest BCUT2D eigenvalue weighted by Crippen LogP contribution is -1.96. The van der Waals surface area contributed by atoms with Gasteiger partial charge in [0.1, 0.15) is 0 Å². The zero-order valence-corrected chi connectivity index (χ0v) is 33.7. The van der Waals surface area contributed by atoms with E-state index >= 15 is 0 Å². The molecule has 3 nitrogen and oxygen atoms in total. The summed E-state index contributed by atoms with van der Waals surface area (Å²) in [4.78, 5) is 14.9. The van der Waals surface area contributed by atoms with Crippen LogP contribution in [0.25, 0.3) is 121 Å². The van der Waals surface area contributed by atoms with E-state index in [-0.39, 0.29) is 0 Å². The maximum atomic E-state index is 5.26. The molecule has 288 valence electrons. The summed E-state index contributed by atoms with van der Waals surface area (Å²) in [6.45, 7) is 0. The molecular formula is C59H37N3. The van der Waals surface area contributed by atoms with Gasteiger partial charge in [0.05, 0.1) is 11.4 Å². The third-order valence-electron chi connectivity index (χ3n) is 12.3. The average molecular weight is 788 g/mol. The van der Waals surface area contributed by atoms with Gasteiger partial charge < -0.3 is 0 Å². The molecule has 0 aliphatic rings. The van der Waals surface area contributed by atoms with Crippen LogP contribution in [0.15, 0.2) is 225 Å². The molecule has 62 heavy (non-hydrogen) atoms. The minimum atomic E-state index is 0.676. The topological polar surface area (TPSA) is 38.7 Å². The van der Waals surface area contributed by atoms with Crippen LogP contribution in [0.5, 0.6) is 0 Å². The molecule has 0 saturated carbocycles. The van der Waals surface area contributed by atoms with Crippen molar-refractivity contribution in [3.63, 3.8) is 0 Å². The largest absolute Gasteiger partial charge is 0.264 e. The van der Waals surface area contributed by atoms with Gasteiger partial charge in [0, 0.05) is 34.6 Å². The molecule has 0 spiro atoms. The standard InChI is InChI=1S/C59H37N3/c1-2-12-43-33-45(31-24-38(43)11-1)39-22-27-41(28-23-39)56-36-57(46-14-9-13-44(34-46)47-15-10-32-60-37-47)62-59(61-56)42-29-25-40(26-30-42)54-35-55-50-18-4-3-16-48(50)49-17-5-7-20-52(49)58(55)53-21-8-6-19-51(53)54/h1-37H. The van der Waals surface area contributed by atoms with Crippen molar-refractivity contribution in [3.8, 4) is 67.3 Å². The van der Waals surface area contributed by atoms with E-state index < -0.39 is 0 Å². The van der Waals surface area contributed by atoms with Gasteiger partial charge in [0.25, 0.3) is 0 Å². The van der Waals surface area contributed by atoms with E-state index in [0.29, 0.717) is 5.82 Å². The van der Waals surface area contributed by atoms with Gasteiger partial charge in [-0.25, -0.2) is 9.97 Å². The Labute approximate surface area is 359 Å². The molecule has 12 rings (SSSR count). The predicted octanol–water partition coefficient (Wildman–Crippen LogP) is 15.6. The van der Waals surface area contributed by atoms with E-state index in [0.717, 1.165) is 50.3 Å². The first kappa shape index (κ1) is 35.7. The van der Waals surface area contributed by atoms with E-state index in [4.69, 9.17) is 9.97 Å². The minimum Gasteiger partial charge on any atom is -0.264 e. The van der Waals surface area contributed by atoms with E-state index in [2.05, 4.69) is 211 Å². The zero-order chi connectivity index (χ0) is 41.0. The van der Waals surface area contributed by atoms with Crippen LogP contribution < -0.4 is 0 Å². The van der Waals surface area contributed by atoms with Crippen molar-refractivity contribution in [2.75, 3.05) is 0 Å². The second-order valence-electron chi connectivity index (χ2n) is 16.0. The van der Waals surface area contributed by atoms with Crippen molar-refractivity contribution in [1.82, 2.24) is 15.0 Å². The molecule has 10 aromatic carbocycles. The summed E-state index contributed by atoms with van der Waals surface area (Å²) in [5, 5.41) is 12.6. The number of hydrogen-bond donors (Lipinski definition) is 0. The second kappa shape index (κ2) is 14.8. The van der Waals surface area contributed by atoms with Gasteiger partial charge in [0.2, 0.25) is 0 Å².